The molecule has 0 saturated carbocycles. The van der Waals surface area contributed by atoms with Gasteiger partial charge in [0.2, 0.25) is 5.91 Å². The van der Waals surface area contributed by atoms with Gasteiger partial charge in [0.25, 0.3) is 0 Å². The molecule has 4 heteroatoms. The quantitative estimate of drug-likeness (QED) is 0.820. The van der Waals surface area contributed by atoms with E-state index in [1.807, 2.05) is 38.1 Å². The number of hydrogen-bond donors (Lipinski definition) is 1. The Morgan fingerprint density at radius 2 is 1.88 bits per heavy atom. The van der Waals surface area contributed by atoms with Crippen LogP contribution in [0.1, 0.15) is 25.0 Å². The maximum absolute atomic E-state index is 11.4. The van der Waals surface area contributed by atoms with E-state index in [4.69, 9.17) is 4.74 Å². The minimum Gasteiger partial charge on any atom is -0.369 e. The number of amides is 1. The van der Waals surface area contributed by atoms with Crippen molar-refractivity contribution in [3.05, 3.63) is 35.4 Å². The first kappa shape index (κ1) is 14.2. The number of benzene rings is 1. The fraction of sp³-hybridized carbons (Fsp3) is 0.462. The van der Waals surface area contributed by atoms with Gasteiger partial charge in [-0.3, -0.25) is 4.79 Å². The molecule has 1 aromatic rings. The Bertz CT molecular complexity index is 349. The van der Waals surface area contributed by atoms with Crippen LogP contribution in [0.5, 0.6) is 0 Å². The molecule has 0 atom stereocenters. The fourth-order valence-electron chi connectivity index (χ4n) is 1.24. The van der Waals surface area contributed by atoms with E-state index in [0.29, 0.717) is 6.54 Å². The highest BCUT2D eigenvalue weighted by Gasteiger charge is 2.02. The van der Waals surface area contributed by atoms with Crippen molar-refractivity contribution in [1.29, 1.82) is 0 Å². The zero-order valence-electron chi connectivity index (χ0n) is 10.2. The van der Waals surface area contributed by atoms with Crippen LogP contribution in [0.4, 0.5) is 0 Å². The van der Waals surface area contributed by atoms with Crippen molar-refractivity contribution in [2.24, 2.45) is 0 Å². The first-order valence-electron chi connectivity index (χ1n) is 5.64. The summed E-state index contributed by atoms with van der Waals surface area (Å²) >= 11 is 3.39. The molecule has 94 valence electrons. The Hall–Kier alpha value is -0.870. The second-order valence-electron chi connectivity index (χ2n) is 4.09. The lowest BCUT2D eigenvalue weighted by Crippen LogP contribution is -2.28. The van der Waals surface area contributed by atoms with Gasteiger partial charge in [-0.05, 0) is 25.0 Å². The smallest absolute Gasteiger partial charge is 0.246 e. The van der Waals surface area contributed by atoms with Gasteiger partial charge in [-0.2, -0.15) is 0 Å². The second-order valence-corrected chi connectivity index (χ2v) is 4.65. The Morgan fingerprint density at radius 1 is 1.29 bits per heavy atom. The van der Waals surface area contributed by atoms with Gasteiger partial charge in [0.15, 0.2) is 0 Å². The molecular weight excluding hydrogens is 282 g/mol. The lowest BCUT2D eigenvalue weighted by Gasteiger charge is -2.08. The number of nitrogens with one attached hydrogen (secondary N) is 1. The van der Waals surface area contributed by atoms with Gasteiger partial charge in [0, 0.05) is 11.9 Å². The Labute approximate surface area is 111 Å². The maximum Gasteiger partial charge on any atom is 0.246 e. The molecule has 17 heavy (non-hydrogen) atoms. The molecular formula is C13H18BrNO2. The Balaban J connectivity index is 2.31. The second kappa shape index (κ2) is 7.45. The highest BCUT2D eigenvalue weighted by atomic mass is 79.9. The first-order chi connectivity index (χ1) is 8.11. The van der Waals surface area contributed by atoms with Crippen molar-refractivity contribution in [3.63, 3.8) is 0 Å². The molecule has 0 radical (unpaired) electrons. The van der Waals surface area contributed by atoms with E-state index in [1.54, 1.807) is 0 Å². The predicted octanol–water partition coefficient (Wildman–Crippen LogP) is 2.62. The minimum atomic E-state index is -0.0803. The molecule has 1 rings (SSSR count). The van der Waals surface area contributed by atoms with Crippen LogP contribution in [0, 0.1) is 0 Å². The molecule has 1 N–H and O–H groups in total. The lowest BCUT2D eigenvalue weighted by atomic mass is 10.1. The molecule has 1 aromatic carbocycles. The topological polar surface area (TPSA) is 38.3 Å². The molecule has 0 heterocycles. The Kier molecular flexibility index (Phi) is 6.22. The van der Waals surface area contributed by atoms with Crippen LogP contribution in [-0.2, 0) is 21.4 Å². The monoisotopic (exact) mass is 299 g/mol. The number of hydrogen-bond acceptors (Lipinski definition) is 2. The fourth-order valence-corrected chi connectivity index (χ4v) is 1.61. The highest BCUT2D eigenvalue weighted by Crippen LogP contribution is 2.07. The van der Waals surface area contributed by atoms with E-state index >= 15 is 0 Å². The van der Waals surface area contributed by atoms with Gasteiger partial charge in [0.1, 0.15) is 6.61 Å². The predicted molar refractivity (Wildman–Crippen MR) is 72.0 cm³/mol. The third-order valence-corrected chi connectivity index (χ3v) is 2.86. The van der Waals surface area contributed by atoms with Gasteiger partial charge in [-0.15, -0.1) is 0 Å². The third-order valence-electron chi connectivity index (χ3n) is 2.21. The van der Waals surface area contributed by atoms with Crippen LogP contribution in [0.2, 0.25) is 0 Å². The van der Waals surface area contributed by atoms with Crippen molar-refractivity contribution in [2.45, 2.75) is 31.8 Å². The Morgan fingerprint density at radius 3 is 2.41 bits per heavy atom. The van der Waals surface area contributed by atoms with E-state index in [0.717, 1.165) is 10.9 Å². The standard InChI is InChI=1S/C13H18BrNO2/c1-10(2)17-9-13(16)15-8-12-5-3-11(7-14)4-6-12/h3-6,10H,7-9H2,1-2H3,(H,15,16). The van der Waals surface area contributed by atoms with Crippen molar-refractivity contribution < 1.29 is 9.53 Å². The van der Waals surface area contributed by atoms with Crippen LogP contribution in [0.3, 0.4) is 0 Å². The zero-order valence-corrected chi connectivity index (χ0v) is 11.8. The third kappa shape index (κ3) is 5.84. The summed E-state index contributed by atoms with van der Waals surface area (Å²) in [7, 11) is 0. The molecule has 0 bridgehead atoms. The van der Waals surface area contributed by atoms with Gasteiger partial charge in [0.05, 0.1) is 6.10 Å². The largest absolute Gasteiger partial charge is 0.369 e. The van der Waals surface area contributed by atoms with Crippen molar-refractivity contribution in [1.82, 2.24) is 5.32 Å². The first-order valence-corrected chi connectivity index (χ1v) is 6.76. The molecule has 0 aromatic heterocycles. The lowest BCUT2D eigenvalue weighted by molar-refractivity contribution is -0.127. The van der Waals surface area contributed by atoms with Crippen molar-refractivity contribution in [2.75, 3.05) is 6.61 Å². The summed E-state index contributed by atoms with van der Waals surface area (Å²) in [4.78, 5) is 11.4. The van der Waals surface area contributed by atoms with Gasteiger partial charge in [-0.1, -0.05) is 40.2 Å². The van der Waals surface area contributed by atoms with E-state index in [1.165, 1.54) is 5.56 Å². The molecule has 0 unspecified atom stereocenters. The van der Waals surface area contributed by atoms with Crippen LogP contribution in [-0.4, -0.2) is 18.6 Å². The van der Waals surface area contributed by atoms with Gasteiger partial charge < -0.3 is 10.1 Å². The number of ether oxygens (including phenoxy) is 1. The summed E-state index contributed by atoms with van der Waals surface area (Å²) in [6.07, 6.45) is 0.0824. The molecule has 0 fully saturated rings. The van der Waals surface area contributed by atoms with Crippen molar-refractivity contribution in [3.8, 4) is 0 Å². The molecule has 3 nitrogen and oxygen atoms in total. The molecule has 0 aliphatic carbocycles. The van der Waals surface area contributed by atoms with Crippen LogP contribution in [0.15, 0.2) is 24.3 Å². The summed E-state index contributed by atoms with van der Waals surface area (Å²) in [5.74, 6) is -0.0803. The van der Waals surface area contributed by atoms with Crippen LogP contribution < -0.4 is 5.32 Å². The molecule has 0 aliphatic rings. The van der Waals surface area contributed by atoms with E-state index in [-0.39, 0.29) is 18.6 Å². The van der Waals surface area contributed by atoms with E-state index < -0.39 is 0 Å². The van der Waals surface area contributed by atoms with Gasteiger partial charge >= 0.3 is 0 Å². The summed E-state index contributed by atoms with van der Waals surface area (Å²) in [5, 5.41) is 3.67. The zero-order chi connectivity index (χ0) is 12.7. The normalized spacial score (nSPS) is 10.6. The summed E-state index contributed by atoms with van der Waals surface area (Å²) in [6.45, 7) is 4.48. The van der Waals surface area contributed by atoms with Gasteiger partial charge in [-0.25, -0.2) is 0 Å². The van der Waals surface area contributed by atoms with E-state index in [9.17, 15) is 4.79 Å². The highest BCUT2D eigenvalue weighted by molar-refractivity contribution is 9.08. The number of alkyl halides is 1. The van der Waals surface area contributed by atoms with Crippen LogP contribution in [0.25, 0.3) is 0 Å². The van der Waals surface area contributed by atoms with Crippen LogP contribution >= 0.6 is 15.9 Å². The number of rotatable bonds is 6. The average molecular weight is 300 g/mol. The summed E-state index contributed by atoms with van der Waals surface area (Å²) < 4.78 is 5.21. The minimum absolute atomic E-state index is 0.0803. The van der Waals surface area contributed by atoms with E-state index in [2.05, 4.69) is 21.2 Å². The molecule has 0 aliphatic heterocycles. The molecule has 0 saturated heterocycles. The summed E-state index contributed by atoms with van der Waals surface area (Å²) in [6, 6.07) is 8.11. The summed E-state index contributed by atoms with van der Waals surface area (Å²) in [5.41, 5.74) is 2.32. The molecule has 1 amide bonds. The maximum atomic E-state index is 11.4. The SMILES string of the molecule is CC(C)OCC(=O)NCc1ccc(CBr)cc1. The number of carbonyl (C=O) groups is 1. The van der Waals surface area contributed by atoms with Crippen molar-refractivity contribution >= 4 is 21.8 Å². The number of carbonyl (C=O) groups excluding carboxylic acids is 1. The number of halogens is 1. The average Bonchev–Trinajstić information content (AvgIpc) is 2.34. The molecule has 0 spiro atoms.